The van der Waals surface area contributed by atoms with Crippen molar-refractivity contribution < 1.29 is 19.1 Å². The van der Waals surface area contributed by atoms with Crippen LogP contribution >= 0.6 is 11.8 Å². The number of aryl methyl sites for hydroxylation is 1. The van der Waals surface area contributed by atoms with Crippen LogP contribution in [0.15, 0.2) is 48.5 Å². The molecule has 0 spiro atoms. The SMILES string of the molecule is Cc1cccc(NC(=O)CSCC(=O)Nc2cccc(OCC3CCCO3)c2)c1. The highest BCUT2D eigenvalue weighted by atomic mass is 32.2. The van der Waals surface area contributed by atoms with Crippen LogP contribution in [0.3, 0.4) is 0 Å². The lowest BCUT2D eigenvalue weighted by molar-refractivity contribution is -0.114. The second-order valence-electron chi connectivity index (χ2n) is 6.93. The maximum atomic E-state index is 12.2. The van der Waals surface area contributed by atoms with Gasteiger partial charge < -0.3 is 20.1 Å². The van der Waals surface area contributed by atoms with Gasteiger partial charge >= 0.3 is 0 Å². The number of carbonyl (C=O) groups is 2. The minimum absolute atomic E-state index is 0.127. The van der Waals surface area contributed by atoms with Crippen molar-refractivity contribution in [1.82, 2.24) is 0 Å². The lowest BCUT2D eigenvalue weighted by Crippen LogP contribution is -2.18. The molecule has 2 aromatic carbocycles. The van der Waals surface area contributed by atoms with Gasteiger partial charge in [-0.15, -0.1) is 11.8 Å². The van der Waals surface area contributed by atoms with Crippen LogP contribution in [-0.2, 0) is 14.3 Å². The first-order valence-electron chi connectivity index (χ1n) is 9.67. The topological polar surface area (TPSA) is 76.7 Å². The van der Waals surface area contributed by atoms with Crippen LogP contribution in [0.25, 0.3) is 0 Å². The predicted molar refractivity (Wildman–Crippen MR) is 117 cm³/mol. The Morgan fingerprint density at radius 1 is 1.07 bits per heavy atom. The lowest BCUT2D eigenvalue weighted by atomic mass is 10.2. The molecule has 29 heavy (non-hydrogen) atoms. The van der Waals surface area contributed by atoms with Crippen LogP contribution < -0.4 is 15.4 Å². The van der Waals surface area contributed by atoms with E-state index in [-0.39, 0.29) is 29.4 Å². The predicted octanol–water partition coefficient (Wildman–Crippen LogP) is 3.86. The number of hydrogen-bond donors (Lipinski definition) is 2. The molecule has 154 valence electrons. The van der Waals surface area contributed by atoms with E-state index in [0.717, 1.165) is 30.7 Å². The van der Waals surface area contributed by atoms with Gasteiger partial charge in [0, 0.05) is 24.0 Å². The van der Waals surface area contributed by atoms with Crippen molar-refractivity contribution in [2.75, 3.05) is 35.4 Å². The Bertz CT molecular complexity index is 837. The van der Waals surface area contributed by atoms with Gasteiger partial charge in [0.15, 0.2) is 0 Å². The maximum absolute atomic E-state index is 12.2. The highest BCUT2D eigenvalue weighted by Crippen LogP contribution is 2.20. The summed E-state index contributed by atoms with van der Waals surface area (Å²) in [7, 11) is 0. The molecule has 0 aromatic heterocycles. The fraction of sp³-hybridized carbons (Fsp3) is 0.364. The minimum Gasteiger partial charge on any atom is -0.491 e. The smallest absolute Gasteiger partial charge is 0.234 e. The number of rotatable bonds is 9. The number of ether oxygens (including phenoxy) is 2. The van der Waals surface area contributed by atoms with Gasteiger partial charge in [0.05, 0.1) is 17.6 Å². The molecule has 0 radical (unpaired) electrons. The number of benzene rings is 2. The summed E-state index contributed by atoms with van der Waals surface area (Å²) in [6.45, 7) is 3.28. The monoisotopic (exact) mass is 414 g/mol. The molecule has 2 aromatic rings. The Labute approximate surface area is 175 Å². The molecule has 1 unspecified atom stereocenters. The first-order valence-corrected chi connectivity index (χ1v) is 10.8. The highest BCUT2D eigenvalue weighted by Gasteiger charge is 2.16. The molecule has 2 N–H and O–H groups in total. The van der Waals surface area contributed by atoms with Crippen LogP contribution in [0.5, 0.6) is 5.75 Å². The van der Waals surface area contributed by atoms with Gasteiger partial charge in [-0.3, -0.25) is 9.59 Å². The van der Waals surface area contributed by atoms with Crippen molar-refractivity contribution >= 4 is 35.0 Å². The van der Waals surface area contributed by atoms with Crippen molar-refractivity contribution in [3.8, 4) is 5.75 Å². The molecule has 1 aliphatic heterocycles. The van der Waals surface area contributed by atoms with Gasteiger partial charge in [0.1, 0.15) is 12.4 Å². The van der Waals surface area contributed by atoms with E-state index < -0.39 is 0 Å². The van der Waals surface area contributed by atoms with Gasteiger partial charge in [0.2, 0.25) is 11.8 Å². The first-order chi connectivity index (χ1) is 14.1. The van der Waals surface area contributed by atoms with Crippen LogP contribution in [0, 0.1) is 6.92 Å². The maximum Gasteiger partial charge on any atom is 0.234 e. The fourth-order valence-corrected chi connectivity index (χ4v) is 3.60. The summed E-state index contributed by atoms with van der Waals surface area (Å²) in [5.74, 6) is 0.824. The van der Waals surface area contributed by atoms with Crippen LogP contribution in [0.2, 0.25) is 0 Å². The van der Waals surface area contributed by atoms with E-state index in [9.17, 15) is 9.59 Å². The molecule has 7 heteroatoms. The summed E-state index contributed by atoms with van der Waals surface area (Å²) in [4.78, 5) is 24.1. The Hall–Kier alpha value is -2.51. The van der Waals surface area contributed by atoms with E-state index in [1.165, 1.54) is 11.8 Å². The molecule has 0 aliphatic carbocycles. The van der Waals surface area contributed by atoms with Gasteiger partial charge in [-0.05, 0) is 49.6 Å². The molecular weight excluding hydrogens is 388 g/mol. The van der Waals surface area contributed by atoms with Crippen LogP contribution in [0.4, 0.5) is 11.4 Å². The summed E-state index contributed by atoms with van der Waals surface area (Å²) in [6, 6.07) is 14.9. The number of nitrogens with one attached hydrogen (secondary N) is 2. The summed E-state index contributed by atoms with van der Waals surface area (Å²) in [5.41, 5.74) is 2.52. The van der Waals surface area contributed by atoms with Gasteiger partial charge in [-0.25, -0.2) is 0 Å². The average molecular weight is 415 g/mol. The number of thioether (sulfide) groups is 1. The largest absolute Gasteiger partial charge is 0.491 e. The van der Waals surface area contributed by atoms with Crippen LogP contribution in [0.1, 0.15) is 18.4 Å². The van der Waals surface area contributed by atoms with E-state index in [4.69, 9.17) is 9.47 Å². The van der Waals surface area contributed by atoms with E-state index in [0.29, 0.717) is 18.0 Å². The average Bonchev–Trinajstić information content (AvgIpc) is 3.20. The van der Waals surface area contributed by atoms with Crippen molar-refractivity contribution in [3.05, 3.63) is 54.1 Å². The third kappa shape index (κ3) is 7.44. The highest BCUT2D eigenvalue weighted by molar-refractivity contribution is 8.00. The molecule has 1 saturated heterocycles. The van der Waals surface area contributed by atoms with Gasteiger partial charge in [0.25, 0.3) is 0 Å². The first kappa shape index (κ1) is 21.2. The van der Waals surface area contributed by atoms with Gasteiger partial charge in [-0.2, -0.15) is 0 Å². The van der Waals surface area contributed by atoms with Crippen LogP contribution in [-0.4, -0.2) is 42.6 Å². The standard InChI is InChI=1S/C22H26N2O4S/c1-16-5-2-6-17(11-16)23-21(25)14-29-15-22(26)24-18-7-3-8-19(12-18)28-13-20-9-4-10-27-20/h2-3,5-8,11-12,20H,4,9-10,13-15H2,1H3,(H,23,25)(H,24,26). The van der Waals surface area contributed by atoms with Crippen molar-refractivity contribution in [1.29, 1.82) is 0 Å². The second-order valence-corrected chi connectivity index (χ2v) is 7.92. The zero-order chi connectivity index (χ0) is 20.5. The quantitative estimate of drug-likeness (QED) is 0.652. The van der Waals surface area contributed by atoms with E-state index in [1.807, 2.05) is 49.4 Å². The zero-order valence-corrected chi connectivity index (χ0v) is 17.3. The number of carbonyl (C=O) groups excluding carboxylic acids is 2. The third-order valence-electron chi connectivity index (χ3n) is 4.35. The molecule has 3 rings (SSSR count). The minimum atomic E-state index is -0.158. The number of hydrogen-bond acceptors (Lipinski definition) is 5. The van der Waals surface area contributed by atoms with E-state index in [1.54, 1.807) is 6.07 Å². The molecule has 1 aliphatic rings. The molecule has 0 saturated carbocycles. The molecular formula is C22H26N2O4S. The Morgan fingerprint density at radius 2 is 1.76 bits per heavy atom. The summed E-state index contributed by atoms with van der Waals surface area (Å²) < 4.78 is 11.3. The molecule has 1 atom stereocenters. The molecule has 1 heterocycles. The zero-order valence-electron chi connectivity index (χ0n) is 16.5. The number of amides is 2. The Morgan fingerprint density at radius 3 is 2.41 bits per heavy atom. The van der Waals surface area contributed by atoms with E-state index in [2.05, 4.69) is 10.6 Å². The summed E-state index contributed by atoms with van der Waals surface area (Å²) in [5, 5.41) is 5.67. The third-order valence-corrected chi connectivity index (χ3v) is 5.28. The summed E-state index contributed by atoms with van der Waals surface area (Å²) >= 11 is 1.27. The summed E-state index contributed by atoms with van der Waals surface area (Å²) in [6.07, 6.45) is 2.24. The molecule has 6 nitrogen and oxygen atoms in total. The normalized spacial score (nSPS) is 15.7. The van der Waals surface area contributed by atoms with Crippen molar-refractivity contribution in [2.45, 2.75) is 25.9 Å². The second kappa shape index (κ2) is 10.9. The lowest BCUT2D eigenvalue weighted by Gasteiger charge is -2.12. The Kier molecular flexibility index (Phi) is 7.95. The van der Waals surface area contributed by atoms with E-state index >= 15 is 0 Å². The molecule has 2 amide bonds. The fourth-order valence-electron chi connectivity index (χ4n) is 2.98. The van der Waals surface area contributed by atoms with Gasteiger partial charge in [-0.1, -0.05) is 18.2 Å². The molecule has 1 fully saturated rings. The molecule has 0 bridgehead atoms. The van der Waals surface area contributed by atoms with Crippen molar-refractivity contribution in [3.63, 3.8) is 0 Å². The number of anilines is 2. The Balaban J connectivity index is 1.37. The van der Waals surface area contributed by atoms with Crippen molar-refractivity contribution in [2.24, 2.45) is 0 Å².